The fourth-order valence-corrected chi connectivity index (χ4v) is 5.49. The molecule has 5 aromatic carbocycles. The van der Waals surface area contributed by atoms with Gasteiger partial charge < -0.3 is 20.5 Å². The molecule has 4 nitrogen and oxygen atoms in total. The monoisotopic (exact) mass is 664 g/mol. The zero-order chi connectivity index (χ0) is 34.3. The zero-order valence-electron chi connectivity index (χ0n) is 25.6. The molecule has 0 radical (unpaired) electrons. The van der Waals surface area contributed by atoms with Crippen LogP contribution in [0, 0.1) is 0 Å². The minimum atomic E-state index is -4.84. The Morgan fingerprint density at radius 2 is 0.979 bits per heavy atom. The van der Waals surface area contributed by atoms with Gasteiger partial charge in [0.2, 0.25) is 5.60 Å². The van der Waals surface area contributed by atoms with Crippen molar-refractivity contribution in [2.24, 2.45) is 0 Å². The first-order valence-corrected chi connectivity index (χ1v) is 15.2. The Labute approximate surface area is 275 Å². The molecule has 4 atom stereocenters. The SMILES string of the molecule is FC(F)(F)C1(C(Nc2ccccc2)c2ccccc2)CO1.OC(Cc1ccccc1)(C(Nc1ccccc1)c1ccccc1)C(F)(F)F. The van der Waals surface area contributed by atoms with Crippen molar-refractivity contribution in [3.8, 4) is 0 Å². The van der Waals surface area contributed by atoms with Crippen LogP contribution in [0.2, 0.25) is 0 Å². The third kappa shape index (κ3) is 8.00. The van der Waals surface area contributed by atoms with E-state index < -0.39 is 42.1 Å². The van der Waals surface area contributed by atoms with Gasteiger partial charge in [-0.1, -0.05) is 127 Å². The van der Waals surface area contributed by atoms with Crippen LogP contribution >= 0.6 is 0 Å². The van der Waals surface area contributed by atoms with Crippen molar-refractivity contribution in [2.45, 2.75) is 42.1 Å². The Morgan fingerprint density at radius 1 is 0.583 bits per heavy atom. The third-order valence-electron chi connectivity index (χ3n) is 8.12. The standard InChI is InChI=1S/C22H20F3NO.C16H14F3NO/c23-22(24,25)21(27,16-17-10-4-1-5-11-17)20(18-12-6-2-7-13-18)26-19-14-8-3-9-15-19;17-16(18,19)15(11-21-15)14(12-7-3-1-4-8-12)20-13-9-5-2-6-10-13/h1-15,20,26-27H,16H2;1-10,14,20H,11H2. The van der Waals surface area contributed by atoms with E-state index in [1.165, 1.54) is 0 Å². The summed E-state index contributed by atoms with van der Waals surface area (Å²) in [6.45, 7) is -0.324. The molecule has 0 saturated carbocycles. The van der Waals surface area contributed by atoms with E-state index in [1.807, 2.05) is 6.07 Å². The van der Waals surface area contributed by atoms with Crippen LogP contribution in [0.1, 0.15) is 28.8 Å². The topological polar surface area (TPSA) is 56.8 Å². The lowest BCUT2D eigenvalue weighted by Gasteiger charge is -2.39. The molecule has 0 aromatic heterocycles. The number of halogens is 6. The first-order valence-electron chi connectivity index (χ1n) is 15.2. The second-order valence-corrected chi connectivity index (χ2v) is 11.5. The number of benzene rings is 5. The minimum Gasteiger partial charge on any atom is -0.378 e. The molecule has 1 saturated heterocycles. The highest BCUT2D eigenvalue weighted by Gasteiger charge is 2.70. The molecule has 1 aliphatic heterocycles. The van der Waals surface area contributed by atoms with Crippen LogP contribution in [0.25, 0.3) is 0 Å². The largest absolute Gasteiger partial charge is 0.422 e. The maximum absolute atomic E-state index is 14.1. The van der Waals surface area contributed by atoms with Crippen LogP contribution in [-0.2, 0) is 11.2 Å². The van der Waals surface area contributed by atoms with Crippen LogP contribution in [0.15, 0.2) is 152 Å². The molecule has 0 aliphatic carbocycles. The molecule has 6 rings (SSSR count). The second-order valence-electron chi connectivity index (χ2n) is 11.5. The number of aliphatic hydroxyl groups is 1. The number of alkyl halides is 6. The van der Waals surface area contributed by atoms with Gasteiger partial charge in [-0.25, -0.2) is 0 Å². The van der Waals surface area contributed by atoms with Gasteiger partial charge in [-0.15, -0.1) is 0 Å². The number of ether oxygens (including phenoxy) is 1. The van der Waals surface area contributed by atoms with E-state index in [9.17, 15) is 31.4 Å². The molecule has 1 heterocycles. The smallest absolute Gasteiger partial charge is 0.378 e. The number of nitrogens with one attached hydrogen (secondary N) is 2. The van der Waals surface area contributed by atoms with Gasteiger partial charge in [0.15, 0.2) is 5.60 Å². The van der Waals surface area contributed by atoms with E-state index in [0.29, 0.717) is 28.1 Å². The molecule has 10 heteroatoms. The zero-order valence-corrected chi connectivity index (χ0v) is 25.6. The van der Waals surface area contributed by atoms with Crippen molar-refractivity contribution in [2.75, 3.05) is 17.2 Å². The summed E-state index contributed by atoms with van der Waals surface area (Å²) in [7, 11) is 0. The summed E-state index contributed by atoms with van der Waals surface area (Å²) in [5.74, 6) is 0. The van der Waals surface area contributed by atoms with Crippen LogP contribution in [0.3, 0.4) is 0 Å². The first-order chi connectivity index (χ1) is 22.9. The van der Waals surface area contributed by atoms with Gasteiger partial charge in [-0.3, -0.25) is 0 Å². The molecular formula is C38H34F6N2O2. The summed E-state index contributed by atoms with van der Waals surface area (Å²) in [5.41, 5.74) is -2.69. The molecule has 5 aromatic rings. The fraction of sp³-hybridized carbons (Fsp3) is 0.211. The van der Waals surface area contributed by atoms with E-state index in [-0.39, 0.29) is 6.61 Å². The maximum atomic E-state index is 14.1. The molecule has 1 aliphatic rings. The number of epoxide rings is 1. The highest BCUT2D eigenvalue weighted by molar-refractivity contribution is 5.48. The molecule has 48 heavy (non-hydrogen) atoms. The number of hydrogen-bond acceptors (Lipinski definition) is 4. The highest BCUT2D eigenvalue weighted by atomic mass is 19.4. The molecule has 4 unspecified atom stereocenters. The van der Waals surface area contributed by atoms with Crippen LogP contribution < -0.4 is 10.6 Å². The van der Waals surface area contributed by atoms with Crippen LogP contribution in [0.5, 0.6) is 0 Å². The number of anilines is 2. The normalized spacial score (nSPS) is 18.3. The van der Waals surface area contributed by atoms with Crippen molar-refractivity contribution in [1.82, 2.24) is 0 Å². The Bertz CT molecular complexity index is 1690. The fourth-order valence-electron chi connectivity index (χ4n) is 5.49. The lowest BCUT2D eigenvalue weighted by Crippen LogP contribution is -2.54. The summed E-state index contributed by atoms with van der Waals surface area (Å²) < 4.78 is 87.4. The van der Waals surface area contributed by atoms with E-state index >= 15 is 0 Å². The molecule has 250 valence electrons. The Kier molecular flexibility index (Phi) is 10.5. The lowest BCUT2D eigenvalue weighted by atomic mass is 9.82. The number of rotatable bonds is 10. The van der Waals surface area contributed by atoms with Crippen LogP contribution in [0.4, 0.5) is 37.7 Å². The maximum Gasteiger partial charge on any atom is 0.422 e. The lowest BCUT2D eigenvalue weighted by molar-refractivity contribution is -0.266. The average molecular weight is 665 g/mol. The summed E-state index contributed by atoms with van der Waals surface area (Å²) in [6.07, 6.45) is -9.82. The van der Waals surface area contributed by atoms with E-state index in [4.69, 9.17) is 4.74 Å². The van der Waals surface area contributed by atoms with E-state index in [2.05, 4.69) is 10.6 Å². The molecular weight excluding hydrogens is 630 g/mol. The molecule has 3 N–H and O–H groups in total. The van der Waals surface area contributed by atoms with Crippen molar-refractivity contribution in [3.05, 3.63) is 168 Å². The summed E-state index contributed by atoms with van der Waals surface area (Å²) in [6, 6.07) is 40.1. The Hall–Kier alpha value is -4.80. The van der Waals surface area contributed by atoms with Gasteiger partial charge in [0.25, 0.3) is 0 Å². The predicted molar refractivity (Wildman–Crippen MR) is 174 cm³/mol. The second kappa shape index (κ2) is 14.5. The quantitative estimate of drug-likeness (QED) is 0.103. The van der Waals surface area contributed by atoms with Gasteiger partial charge in [0.1, 0.15) is 0 Å². The minimum absolute atomic E-state index is 0.324. The first kappa shape index (κ1) is 34.5. The van der Waals surface area contributed by atoms with Crippen LogP contribution in [-0.4, -0.2) is 35.3 Å². The summed E-state index contributed by atoms with van der Waals surface area (Å²) in [4.78, 5) is 0. The number of hydrogen-bond donors (Lipinski definition) is 3. The summed E-state index contributed by atoms with van der Waals surface area (Å²) >= 11 is 0. The molecule has 0 amide bonds. The number of para-hydroxylation sites is 2. The summed E-state index contributed by atoms with van der Waals surface area (Å²) in [5, 5.41) is 16.8. The van der Waals surface area contributed by atoms with Crippen molar-refractivity contribution < 1.29 is 36.2 Å². The highest BCUT2D eigenvalue weighted by Crippen LogP contribution is 2.52. The molecule has 0 spiro atoms. The molecule has 1 fully saturated rings. The Balaban J connectivity index is 0.000000194. The van der Waals surface area contributed by atoms with Gasteiger partial charge in [0.05, 0.1) is 18.7 Å². The average Bonchev–Trinajstić information content (AvgIpc) is 3.91. The van der Waals surface area contributed by atoms with Crippen molar-refractivity contribution >= 4 is 11.4 Å². The van der Waals surface area contributed by atoms with Crippen molar-refractivity contribution in [3.63, 3.8) is 0 Å². The van der Waals surface area contributed by atoms with Gasteiger partial charge in [0, 0.05) is 17.8 Å². The predicted octanol–water partition coefficient (Wildman–Crippen LogP) is 9.55. The van der Waals surface area contributed by atoms with Gasteiger partial charge in [-0.2, -0.15) is 26.3 Å². The van der Waals surface area contributed by atoms with Gasteiger partial charge >= 0.3 is 12.4 Å². The van der Waals surface area contributed by atoms with Gasteiger partial charge in [-0.05, 0) is 41.0 Å². The van der Waals surface area contributed by atoms with Crippen molar-refractivity contribution in [1.29, 1.82) is 0 Å². The van der Waals surface area contributed by atoms with E-state index in [0.717, 1.165) is 0 Å². The molecule has 0 bridgehead atoms. The van der Waals surface area contributed by atoms with E-state index in [1.54, 1.807) is 146 Å². The third-order valence-corrected chi connectivity index (χ3v) is 8.12. The Morgan fingerprint density at radius 3 is 1.40 bits per heavy atom.